The number of fused-ring (bicyclic) bond motifs is 1. The maximum Gasteiger partial charge on any atom is 0.266 e. The first-order valence-electron chi connectivity index (χ1n) is 9.65. The average Bonchev–Trinajstić information content (AvgIpc) is 3.46. The highest BCUT2D eigenvalue weighted by Crippen LogP contribution is 2.39. The van der Waals surface area contributed by atoms with E-state index in [1.54, 1.807) is 4.57 Å². The molecule has 2 aromatic heterocycles. The molecule has 5 rings (SSSR count). The second-order valence-electron chi connectivity index (χ2n) is 7.45. The lowest BCUT2D eigenvalue weighted by atomic mass is 10.1. The van der Waals surface area contributed by atoms with Gasteiger partial charge >= 0.3 is 0 Å². The van der Waals surface area contributed by atoms with Crippen molar-refractivity contribution < 1.29 is 4.52 Å². The minimum Gasteiger partial charge on any atom is -0.339 e. The summed E-state index contributed by atoms with van der Waals surface area (Å²) in [6.07, 6.45) is 2.24. The molecule has 4 aromatic rings. The fraction of sp³-hybridized carbons (Fsp3) is 0.273. The molecular weight excluding hydrogens is 384 g/mol. The highest BCUT2D eigenvalue weighted by Gasteiger charge is 2.29. The van der Waals surface area contributed by atoms with E-state index in [4.69, 9.17) is 9.51 Å². The maximum atomic E-state index is 13.4. The van der Waals surface area contributed by atoms with Gasteiger partial charge in [0.15, 0.2) is 11.0 Å². The molecule has 0 saturated heterocycles. The van der Waals surface area contributed by atoms with E-state index in [9.17, 15) is 4.79 Å². The van der Waals surface area contributed by atoms with Crippen molar-refractivity contribution in [3.8, 4) is 5.69 Å². The number of hydrogen-bond acceptors (Lipinski definition) is 6. The Bertz CT molecular complexity index is 1270. The smallest absolute Gasteiger partial charge is 0.266 e. The molecule has 2 aromatic carbocycles. The van der Waals surface area contributed by atoms with Gasteiger partial charge in [-0.3, -0.25) is 9.36 Å². The minimum absolute atomic E-state index is 0.0724. The van der Waals surface area contributed by atoms with E-state index in [1.165, 1.54) is 11.8 Å². The third kappa shape index (κ3) is 3.46. The number of para-hydroxylation sites is 1. The molecule has 1 aliphatic rings. The Labute approximate surface area is 172 Å². The van der Waals surface area contributed by atoms with Gasteiger partial charge in [0.05, 0.1) is 22.3 Å². The SMILES string of the molecule is Cc1ccc(-n2c(SCc3noc(C4CC4)n3)nc3ccccc3c2=O)c(C)c1. The number of rotatable bonds is 5. The summed E-state index contributed by atoms with van der Waals surface area (Å²) >= 11 is 1.45. The van der Waals surface area contributed by atoms with Crippen molar-refractivity contribution >= 4 is 22.7 Å². The van der Waals surface area contributed by atoms with Crippen LogP contribution in [0.4, 0.5) is 0 Å². The Morgan fingerprint density at radius 3 is 2.76 bits per heavy atom. The second kappa shape index (κ2) is 7.15. The van der Waals surface area contributed by atoms with Crippen molar-refractivity contribution in [2.75, 3.05) is 0 Å². The fourth-order valence-electron chi connectivity index (χ4n) is 3.43. The Kier molecular flexibility index (Phi) is 4.47. The first kappa shape index (κ1) is 18.1. The van der Waals surface area contributed by atoms with Crippen LogP contribution in [0.2, 0.25) is 0 Å². The van der Waals surface area contributed by atoms with Crippen LogP contribution in [0.5, 0.6) is 0 Å². The van der Waals surface area contributed by atoms with Gasteiger partial charge < -0.3 is 4.52 Å². The van der Waals surface area contributed by atoms with E-state index in [-0.39, 0.29) is 5.56 Å². The van der Waals surface area contributed by atoms with Crippen molar-refractivity contribution in [1.29, 1.82) is 0 Å². The first-order chi connectivity index (χ1) is 14.1. The Balaban J connectivity index is 1.59. The van der Waals surface area contributed by atoms with E-state index >= 15 is 0 Å². The lowest BCUT2D eigenvalue weighted by Gasteiger charge is -2.15. The number of benzene rings is 2. The molecule has 0 spiro atoms. The van der Waals surface area contributed by atoms with Crippen molar-refractivity contribution in [3.63, 3.8) is 0 Å². The third-order valence-corrected chi connectivity index (χ3v) is 6.01. The molecule has 0 aliphatic heterocycles. The zero-order valence-electron chi connectivity index (χ0n) is 16.3. The molecule has 29 heavy (non-hydrogen) atoms. The summed E-state index contributed by atoms with van der Waals surface area (Å²) in [7, 11) is 0. The van der Waals surface area contributed by atoms with Gasteiger partial charge in [-0.1, -0.05) is 46.7 Å². The molecule has 0 N–H and O–H groups in total. The van der Waals surface area contributed by atoms with E-state index in [0.29, 0.717) is 33.6 Å². The molecule has 0 amide bonds. The van der Waals surface area contributed by atoms with E-state index in [2.05, 4.69) is 16.2 Å². The summed E-state index contributed by atoms with van der Waals surface area (Å²) in [5.74, 6) is 2.27. The van der Waals surface area contributed by atoms with Gasteiger partial charge in [-0.05, 0) is 50.5 Å². The summed E-state index contributed by atoms with van der Waals surface area (Å²) in [6, 6.07) is 13.5. The van der Waals surface area contributed by atoms with Crippen LogP contribution < -0.4 is 5.56 Å². The van der Waals surface area contributed by atoms with Crippen LogP contribution in [0, 0.1) is 13.8 Å². The Hall–Kier alpha value is -2.93. The van der Waals surface area contributed by atoms with E-state index < -0.39 is 0 Å². The number of nitrogens with zero attached hydrogens (tertiary/aromatic N) is 4. The third-order valence-electron chi connectivity index (χ3n) is 5.08. The highest BCUT2D eigenvalue weighted by molar-refractivity contribution is 7.98. The van der Waals surface area contributed by atoms with Gasteiger partial charge in [0.1, 0.15) is 0 Å². The van der Waals surface area contributed by atoms with Gasteiger partial charge in [-0.25, -0.2) is 4.98 Å². The van der Waals surface area contributed by atoms with Crippen molar-refractivity contribution in [2.24, 2.45) is 0 Å². The van der Waals surface area contributed by atoms with E-state index in [1.807, 2.05) is 50.2 Å². The standard InChI is InChI=1S/C22H20N4O2S/c1-13-7-10-18(14(2)11-13)26-21(27)16-5-3-4-6-17(16)23-22(26)29-12-19-24-20(28-25-19)15-8-9-15/h3-7,10-11,15H,8-9,12H2,1-2H3. The summed E-state index contributed by atoms with van der Waals surface area (Å²) in [5, 5.41) is 5.31. The average molecular weight is 404 g/mol. The van der Waals surface area contributed by atoms with Crippen molar-refractivity contribution in [3.05, 3.63) is 75.7 Å². The fourth-order valence-corrected chi connectivity index (χ4v) is 4.28. The zero-order chi connectivity index (χ0) is 20.0. The van der Waals surface area contributed by atoms with Gasteiger partial charge in [0.25, 0.3) is 5.56 Å². The van der Waals surface area contributed by atoms with Gasteiger partial charge in [0, 0.05) is 5.92 Å². The van der Waals surface area contributed by atoms with Crippen LogP contribution in [0.3, 0.4) is 0 Å². The van der Waals surface area contributed by atoms with Crippen LogP contribution in [0.25, 0.3) is 16.6 Å². The lowest BCUT2D eigenvalue weighted by molar-refractivity contribution is 0.375. The molecule has 1 saturated carbocycles. The van der Waals surface area contributed by atoms with Gasteiger partial charge in [0.2, 0.25) is 5.89 Å². The number of aromatic nitrogens is 4. The molecule has 2 heterocycles. The van der Waals surface area contributed by atoms with Crippen LogP contribution in [-0.4, -0.2) is 19.7 Å². The first-order valence-corrected chi connectivity index (χ1v) is 10.6. The number of hydrogen-bond donors (Lipinski definition) is 0. The largest absolute Gasteiger partial charge is 0.339 e. The molecule has 1 aliphatic carbocycles. The number of aryl methyl sites for hydroxylation is 2. The quantitative estimate of drug-likeness (QED) is 0.359. The molecule has 1 fully saturated rings. The molecule has 7 heteroatoms. The molecule has 6 nitrogen and oxygen atoms in total. The van der Waals surface area contributed by atoms with Crippen LogP contribution in [0.15, 0.2) is 56.9 Å². The predicted molar refractivity (Wildman–Crippen MR) is 113 cm³/mol. The van der Waals surface area contributed by atoms with Crippen molar-refractivity contribution in [2.45, 2.75) is 43.5 Å². The maximum absolute atomic E-state index is 13.4. The molecule has 0 atom stereocenters. The molecular formula is C22H20N4O2S. The molecule has 0 bridgehead atoms. The molecule has 146 valence electrons. The number of thioether (sulfide) groups is 1. The summed E-state index contributed by atoms with van der Waals surface area (Å²) in [5.41, 5.74) is 3.64. The summed E-state index contributed by atoms with van der Waals surface area (Å²) in [6.45, 7) is 4.06. The Morgan fingerprint density at radius 1 is 1.14 bits per heavy atom. The molecule has 0 unspecified atom stereocenters. The van der Waals surface area contributed by atoms with Gasteiger partial charge in [-0.15, -0.1) is 0 Å². The summed E-state index contributed by atoms with van der Waals surface area (Å²) in [4.78, 5) is 22.6. The molecule has 0 radical (unpaired) electrons. The predicted octanol–water partition coefficient (Wildman–Crippen LogP) is 4.56. The topological polar surface area (TPSA) is 73.8 Å². The Morgan fingerprint density at radius 2 is 1.97 bits per heavy atom. The van der Waals surface area contributed by atoms with Crippen molar-refractivity contribution in [1.82, 2.24) is 19.7 Å². The van der Waals surface area contributed by atoms with E-state index in [0.717, 1.165) is 35.5 Å². The van der Waals surface area contributed by atoms with Crippen LogP contribution in [0.1, 0.15) is 41.6 Å². The lowest BCUT2D eigenvalue weighted by Crippen LogP contribution is -2.22. The van der Waals surface area contributed by atoms with Gasteiger partial charge in [-0.2, -0.15) is 4.98 Å². The van der Waals surface area contributed by atoms with Crippen LogP contribution >= 0.6 is 11.8 Å². The minimum atomic E-state index is -0.0724. The normalized spacial score (nSPS) is 13.9. The summed E-state index contributed by atoms with van der Waals surface area (Å²) < 4.78 is 7.05. The van der Waals surface area contributed by atoms with Crippen LogP contribution in [-0.2, 0) is 5.75 Å². The highest BCUT2D eigenvalue weighted by atomic mass is 32.2. The zero-order valence-corrected chi connectivity index (χ0v) is 17.1. The second-order valence-corrected chi connectivity index (χ2v) is 8.40. The monoisotopic (exact) mass is 404 g/mol.